The Morgan fingerprint density at radius 1 is 1.00 bits per heavy atom. The number of hydrogen-bond acceptors (Lipinski definition) is 4. The molecule has 1 aliphatic carbocycles. The van der Waals surface area contributed by atoms with Gasteiger partial charge in [0.05, 0.1) is 12.2 Å². The maximum atomic E-state index is 10.1. The number of ether oxygens (including phenoxy) is 1. The van der Waals surface area contributed by atoms with Crippen molar-refractivity contribution >= 4 is 11.6 Å². The lowest BCUT2D eigenvalue weighted by molar-refractivity contribution is -0.190. The minimum atomic E-state index is -0.337. The smallest absolute Gasteiger partial charge is 0.127 e. The largest absolute Gasteiger partial charge is 0.457 e. The number of aliphatic hydroxyl groups is 2. The van der Waals surface area contributed by atoms with Gasteiger partial charge >= 0.3 is 0 Å². The Morgan fingerprint density at radius 3 is 2.35 bits per heavy atom. The van der Waals surface area contributed by atoms with Crippen molar-refractivity contribution in [2.24, 2.45) is 5.41 Å². The molecule has 4 nitrogen and oxygen atoms in total. The van der Waals surface area contributed by atoms with E-state index in [2.05, 4.69) is 17.0 Å². The van der Waals surface area contributed by atoms with E-state index < -0.39 is 0 Å². The van der Waals surface area contributed by atoms with E-state index in [9.17, 15) is 10.2 Å². The molecule has 0 amide bonds. The Hall–Kier alpha value is -1.59. The van der Waals surface area contributed by atoms with Gasteiger partial charge in [-0.15, -0.1) is 0 Å². The number of aliphatic hydroxyl groups excluding tert-OH is 2. The minimum Gasteiger partial charge on any atom is -0.457 e. The third kappa shape index (κ3) is 3.47. The van der Waals surface area contributed by atoms with E-state index in [0.29, 0.717) is 11.4 Å². The maximum Gasteiger partial charge on any atom is 0.127 e. The van der Waals surface area contributed by atoms with E-state index in [1.54, 1.807) is 0 Å². The monoisotopic (exact) mass is 373 g/mol. The topological polar surface area (TPSA) is 52.9 Å². The van der Waals surface area contributed by atoms with E-state index in [4.69, 9.17) is 16.3 Å². The zero-order valence-electron chi connectivity index (χ0n) is 14.6. The quantitative estimate of drug-likeness (QED) is 0.855. The highest BCUT2D eigenvalue weighted by Crippen LogP contribution is 2.49. The number of rotatable bonds is 4. The second-order valence-electron chi connectivity index (χ2n) is 7.48. The molecule has 138 valence electrons. The van der Waals surface area contributed by atoms with Crippen molar-refractivity contribution in [1.82, 2.24) is 4.90 Å². The predicted molar refractivity (Wildman–Crippen MR) is 102 cm³/mol. The van der Waals surface area contributed by atoms with Crippen molar-refractivity contribution in [3.05, 3.63) is 59.1 Å². The molecule has 4 rings (SSSR count). The van der Waals surface area contributed by atoms with Gasteiger partial charge in [-0.1, -0.05) is 23.7 Å². The summed E-state index contributed by atoms with van der Waals surface area (Å²) < 4.78 is 5.91. The fourth-order valence-electron chi connectivity index (χ4n) is 4.14. The van der Waals surface area contributed by atoms with Crippen LogP contribution in [0.3, 0.4) is 0 Å². The molecule has 0 aromatic heterocycles. The molecular weight excluding hydrogens is 350 g/mol. The van der Waals surface area contributed by atoms with Crippen LogP contribution in [0.5, 0.6) is 11.5 Å². The van der Waals surface area contributed by atoms with Crippen LogP contribution in [0.25, 0.3) is 0 Å². The van der Waals surface area contributed by atoms with Crippen molar-refractivity contribution in [2.45, 2.75) is 38.0 Å². The van der Waals surface area contributed by atoms with Gasteiger partial charge in [0.2, 0.25) is 0 Å². The molecule has 0 unspecified atom stereocenters. The molecule has 2 aliphatic rings. The molecule has 1 saturated carbocycles. The third-order valence-corrected chi connectivity index (χ3v) is 6.17. The standard InChI is InChI=1S/C21H24ClNO3/c22-16-4-6-17(7-5-16)26-18-3-1-2-15(12-18)14-23-10-8-21(9-11-23)19(24)13-20(21)25/h1-7,12,19-20,24-25H,8-11,13-14H2/t19-,20+. The Bertz CT molecular complexity index is 746. The molecule has 2 aromatic rings. The van der Waals surface area contributed by atoms with Crippen LogP contribution in [0.2, 0.25) is 5.02 Å². The van der Waals surface area contributed by atoms with Crippen LogP contribution in [0, 0.1) is 5.41 Å². The van der Waals surface area contributed by atoms with Crippen molar-refractivity contribution in [2.75, 3.05) is 13.1 Å². The number of likely N-dealkylation sites (tertiary alicyclic amines) is 1. The van der Waals surface area contributed by atoms with E-state index >= 15 is 0 Å². The van der Waals surface area contributed by atoms with Crippen LogP contribution in [0.4, 0.5) is 0 Å². The van der Waals surface area contributed by atoms with Crippen molar-refractivity contribution in [1.29, 1.82) is 0 Å². The first-order valence-corrected chi connectivity index (χ1v) is 9.54. The highest BCUT2D eigenvalue weighted by atomic mass is 35.5. The molecule has 1 heterocycles. The van der Waals surface area contributed by atoms with Crippen LogP contribution >= 0.6 is 11.6 Å². The second kappa shape index (κ2) is 7.20. The predicted octanol–water partition coefficient (Wildman–Crippen LogP) is 3.84. The summed E-state index contributed by atoms with van der Waals surface area (Å²) in [6.07, 6.45) is 1.57. The molecule has 2 fully saturated rings. The van der Waals surface area contributed by atoms with Gasteiger partial charge in [0.1, 0.15) is 11.5 Å². The zero-order chi connectivity index (χ0) is 18.1. The van der Waals surface area contributed by atoms with E-state index in [-0.39, 0.29) is 17.6 Å². The van der Waals surface area contributed by atoms with Gasteiger partial charge < -0.3 is 14.9 Å². The minimum absolute atomic E-state index is 0.254. The van der Waals surface area contributed by atoms with Gasteiger partial charge in [-0.25, -0.2) is 0 Å². The molecule has 0 bridgehead atoms. The molecular formula is C21H24ClNO3. The molecule has 1 spiro atoms. The molecule has 2 N–H and O–H groups in total. The summed E-state index contributed by atoms with van der Waals surface area (Å²) in [5.41, 5.74) is 0.942. The SMILES string of the molecule is O[C@@H]1C[C@H](O)C12CCN(Cc1cccc(Oc3ccc(Cl)cc3)c1)CC2. The van der Waals surface area contributed by atoms with Crippen LogP contribution in [0.1, 0.15) is 24.8 Å². The first-order valence-electron chi connectivity index (χ1n) is 9.16. The number of hydrogen-bond donors (Lipinski definition) is 2. The van der Waals surface area contributed by atoms with Crippen LogP contribution in [-0.4, -0.2) is 40.4 Å². The van der Waals surface area contributed by atoms with Gasteiger partial charge in [0.15, 0.2) is 0 Å². The molecule has 5 heteroatoms. The Kier molecular flexibility index (Phi) is 4.93. The van der Waals surface area contributed by atoms with Gasteiger partial charge in [0, 0.05) is 23.4 Å². The lowest BCUT2D eigenvalue weighted by Crippen LogP contribution is -2.61. The number of benzene rings is 2. The highest BCUT2D eigenvalue weighted by molar-refractivity contribution is 6.30. The fourth-order valence-corrected chi connectivity index (χ4v) is 4.27. The van der Waals surface area contributed by atoms with Crippen LogP contribution < -0.4 is 4.74 Å². The summed E-state index contributed by atoms with van der Waals surface area (Å²) in [6, 6.07) is 15.5. The number of piperidine rings is 1. The highest BCUT2D eigenvalue weighted by Gasteiger charge is 2.54. The summed E-state index contributed by atoms with van der Waals surface area (Å²) in [4.78, 5) is 2.38. The van der Waals surface area contributed by atoms with Crippen molar-refractivity contribution in [3.8, 4) is 11.5 Å². The summed E-state index contributed by atoms with van der Waals surface area (Å²) in [5, 5.41) is 20.8. The van der Waals surface area contributed by atoms with Gasteiger partial charge in [-0.05, 0) is 67.9 Å². The average Bonchev–Trinajstić information content (AvgIpc) is 2.65. The average molecular weight is 374 g/mol. The maximum absolute atomic E-state index is 10.1. The normalized spacial score (nSPS) is 25.0. The lowest BCUT2D eigenvalue weighted by atomic mass is 9.58. The number of halogens is 1. The summed E-state index contributed by atoms with van der Waals surface area (Å²) in [6.45, 7) is 2.65. The van der Waals surface area contributed by atoms with E-state index in [1.807, 2.05) is 36.4 Å². The van der Waals surface area contributed by atoms with Crippen LogP contribution in [-0.2, 0) is 6.54 Å². The van der Waals surface area contributed by atoms with Crippen molar-refractivity contribution in [3.63, 3.8) is 0 Å². The zero-order valence-corrected chi connectivity index (χ0v) is 15.4. The molecule has 1 saturated heterocycles. The Labute approximate surface area is 159 Å². The summed E-state index contributed by atoms with van der Waals surface area (Å²) >= 11 is 5.91. The fraction of sp³-hybridized carbons (Fsp3) is 0.429. The van der Waals surface area contributed by atoms with Gasteiger partial charge in [-0.3, -0.25) is 4.90 Å². The Morgan fingerprint density at radius 2 is 1.69 bits per heavy atom. The summed E-state index contributed by atoms with van der Waals surface area (Å²) in [5.74, 6) is 1.57. The van der Waals surface area contributed by atoms with Crippen molar-refractivity contribution < 1.29 is 14.9 Å². The van der Waals surface area contributed by atoms with Crippen LogP contribution in [0.15, 0.2) is 48.5 Å². The Balaban J connectivity index is 1.36. The second-order valence-corrected chi connectivity index (χ2v) is 7.92. The van der Waals surface area contributed by atoms with Gasteiger partial charge in [-0.2, -0.15) is 0 Å². The van der Waals surface area contributed by atoms with E-state index in [0.717, 1.165) is 44.0 Å². The molecule has 2 aromatic carbocycles. The molecule has 26 heavy (non-hydrogen) atoms. The van der Waals surface area contributed by atoms with Gasteiger partial charge in [0.25, 0.3) is 0 Å². The summed E-state index contributed by atoms with van der Waals surface area (Å²) in [7, 11) is 0. The molecule has 0 radical (unpaired) electrons. The third-order valence-electron chi connectivity index (χ3n) is 5.91. The van der Waals surface area contributed by atoms with E-state index in [1.165, 1.54) is 5.56 Å². The first kappa shape index (κ1) is 17.8. The number of nitrogens with zero attached hydrogens (tertiary/aromatic N) is 1. The lowest BCUT2D eigenvalue weighted by Gasteiger charge is -2.55. The molecule has 1 aliphatic heterocycles. The first-order chi connectivity index (χ1) is 12.5. The molecule has 2 atom stereocenters.